The molecule has 4 N–H and O–H groups in total. The number of rotatable bonds is 4. The molecule has 0 aliphatic rings. The zero-order valence-electron chi connectivity index (χ0n) is 9.59. The van der Waals surface area contributed by atoms with Crippen molar-refractivity contribution in [2.75, 3.05) is 0 Å². The summed E-state index contributed by atoms with van der Waals surface area (Å²) >= 11 is 5.79. The van der Waals surface area contributed by atoms with Crippen molar-refractivity contribution in [3.63, 3.8) is 0 Å². The highest BCUT2D eigenvalue weighted by molar-refractivity contribution is 6.31. The number of aliphatic carboxylic acids is 1. The quantitative estimate of drug-likeness (QED) is 0.582. The van der Waals surface area contributed by atoms with Crippen molar-refractivity contribution in [2.24, 2.45) is 5.73 Å². The zero-order chi connectivity index (χ0) is 14.2. The molecule has 1 heterocycles. The van der Waals surface area contributed by atoms with E-state index in [1.54, 1.807) is 6.07 Å². The fourth-order valence-electron chi connectivity index (χ4n) is 1.91. The van der Waals surface area contributed by atoms with E-state index in [0.29, 0.717) is 16.5 Å². The predicted octanol–water partition coefficient (Wildman–Crippen LogP) is 1.68. The Morgan fingerprint density at radius 2 is 2.26 bits per heavy atom. The molecule has 0 unspecified atom stereocenters. The molecule has 1 aromatic heterocycles. The number of carboxylic acid groups (broad SMARTS) is 1. The van der Waals surface area contributed by atoms with Crippen molar-refractivity contribution in [3.8, 4) is 0 Å². The summed E-state index contributed by atoms with van der Waals surface area (Å²) < 4.78 is 0. The number of hydrogen-bond donors (Lipinski definition) is 3. The van der Waals surface area contributed by atoms with E-state index in [1.807, 2.05) is 0 Å². The maximum absolute atomic E-state index is 11.0. The third-order valence-electron chi connectivity index (χ3n) is 2.76. The molecule has 2 aromatic rings. The maximum Gasteiger partial charge on any atom is 0.320 e. The number of aromatic amines is 1. The van der Waals surface area contributed by atoms with Crippen LogP contribution >= 0.6 is 11.6 Å². The molecule has 0 aliphatic heterocycles. The van der Waals surface area contributed by atoms with E-state index in [0.717, 1.165) is 0 Å². The fraction of sp³-hybridized carbons (Fsp3) is 0.182. The highest BCUT2D eigenvalue weighted by Gasteiger charge is 2.21. The van der Waals surface area contributed by atoms with Gasteiger partial charge < -0.3 is 15.8 Å². The second-order valence-corrected chi connectivity index (χ2v) is 4.50. The molecule has 7 nitrogen and oxygen atoms in total. The van der Waals surface area contributed by atoms with Crippen LogP contribution < -0.4 is 5.73 Å². The summed E-state index contributed by atoms with van der Waals surface area (Å²) in [5.41, 5.74) is 6.23. The van der Waals surface area contributed by atoms with Crippen LogP contribution in [0.1, 0.15) is 5.56 Å². The summed E-state index contributed by atoms with van der Waals surface area (Å²) in [7, 11) is 0. The van der Waals surface area contributed by atoms with Crippen molar-refractivity contribution < 1.29 is 14.8 Å². The van der Waals surface area contributed by atoms with Crippen LogP contribution in [0, 0.1) is 10.1 Å². The van der Waals surface area contributed by atoms with Crippen LogP contribution in [-0.2, 0) is 11.2 Å². The molecule has 100 valence electrons. The van der Waals surface area contributed by atoms with Gasteiger partial charge in [0.1, 0.15) is 6.04 Å². The predicted molar refractivity (Wildman–Crippen MR) is 69.3 cm³/mol. The molecule has 0 bridgehead atoms. The van der Waals surface area contributed by atoms with Gasteiger partial charge in [-0.3, -0.25) is 14.9 Å². The summed E-state index contributed by atoms with van der Waals surface area (Å²) in [6.07, 6.45) is 1.51. The Kier molecular flexibility index (Phi) is 3.41. The second kappa shape index (κ2) is 4.87. The van der Waals surface area contributed by atoms with Gasteiger partial charge in [-0.25, -0.2) is 0 Å². The Morgan fingerprint density at radius 3 is 2.84 bits per heavy atom. The molecule has 1 aromatic carbocycles. The lowest BCUT2D eigenvalue weighted by atomic mass is 10.0. The number of nitro groups is 1. The second-order valence-electron chi connectivity index (χ2n) is 4.07. The van der Waals surface area contributed by atoms with E-state index in [9.17, 15) is 14.9 Å². The lowest BCUT2D eigenvalue weighted by molar-refractivity contribution is -0.383. The molecule has 1 atom stereocenters. The van der Waals surface area contributed by atoms with E-state index in [-0.39, 0.29) is 17.1 Å². The Balaban J connectivity index is 2.57. The summed E-state index contributed by atoms with van der Waals surface area (Å²) in [6.45, 7) is 0. The minimum Gasteiger partial charge on any atom is -0.480 e. The highest BCUT2D eigenvalue weighted by Crippen LogP contribution is 2.32. The molecule has 0 aliphatic carbocycles. The lowest BCUT2D eigenvalue weighted by Gasteiger charge is -2.05. The standard InChI is InChI=1S/C11H10ClN3O4/c12-6-2-8-10(9(3-6)15(18)19)5(4-14-8)1-7(13)11(16)17/h2-4,7,14H,1,13H2,(H,16,17)/t7-/m0/s1. The Hall–Kier alpha value is -2.12. The number of carbonyl (C=O) groups is 1. The van der Waals surface area contributed by atoms with Gasteiger partial charge in [0.2, 0.25) is 0 Å². The molecule has 0 radical (unpaired) electrons. The van der Waals surface area contributed by atoms with Gasteiger partial charge >= 0.3 is 5.97 Å². The Morgan fingerprint density at radius 1 is 1.58 bits per heavy atom. The first-order valence-electron chi connectivity index (χ1n) is 5.32. The summed E-state index contributed by atoms with van der Waals surface area (Å²) in [5.74, 6) is -1.16. The first-order chi connectivity index (χ1) is 8.90. The molecule has 8 heteroatoms. The largest absolute Gasteiger partial charge is 0.480 e. The Labute approximate surface area is 112 Å². The van der Waals surface area contributed by atoms with E-state index in [4.69, 9.17) is 22.4 Å². The number of nitrogens with one attached hydrogen (secondary N) is 1. The lowest BCUT2D eigenvalue weighted by Crippen LogP contribution is -2.32. The molecule has 0 saturated carbocycles. The highest BCUT2D eigenvalue weighted by atomic mass is 35.5. The third kappa shape index (κ3) is 2.51. The molecular weight excluding hydrogens is 274 g/mol. The zero-order valence-corrected chi connectivity index (χ0v) is 10.3. The monoisotopic (exact) mass is 283 g/mol. The summed E-state index contributed by atoms with van der Waals surface area (Å²) in [5, 5.41) is 20.4. The minimum atomic E-state index is -1.16. The number of H-pyrrole nitrogens is 1. The number of hydrogen-bond acceptors (Lipinski definition) is 4. The van der Waals surface area contributed by atoms with Crippen molar-refractivity contribution in [1.29, 1.82) is 0 Å². The van der Waals surface area contributed by atoms with Gasteiger partial charge in [0.15, 0.2) is 0 Å². The number of nitrogens with two attached hydrogens (primary N) is 1. The fourth-order valence-corrected chi connectivity index (χ4v) is 2.12. The van der Waals surface area contributed by atoms with Gasteiger partial charge in [-0.1, -0.05) is 11.6 Å². The molecule has 0 spiro atoms. The van der Waals surface area contributed by atoms with Gasteiger partial charge in [0, 0.05) is 23.7 Å². The summed E-state index contributed by atoms with van der Waals surface area (Å²) in [4.78, 5) is 24.0. The number of nitrogens with zero attached hydrogens (tertiary/aromatic N) is 1. The number of fused-ring (bicyclic) bond motifs is 1. The molecular formula is C11H10ClN3O4. The maximum atomic E-state index is 11.0. The van der Waals surface area contributed by atoms with Crippen molar-refractivity contribution >= 4 is 34.2 Å². The molecule has 0 saturated heterocycles. The van der Waals surface area contributed by atoms with E-state index in [2.05, 4.69) is 4.98 Å². The average molecular weight is 284 g/mol. The van der Waals surface area contributed by atoms with Crippen molar-refractivity contribution in [3.05, 3.63) is 39.0 Å². The number of carboxylic acids is 1. The third-order valence-corrected chi connectivity index (χ3v) is 2.98. The van der Waals surface area contributed by atoms with Crippen LogP contribution in [-0.4, -0.2) is 27.0 Å². The first kappa shape index (κ1) is 13.3. The van der Waals surface area contributed by atoms with Crippen LogP contribution in [0.3, 0.4) is 0 Å². The van der Waals surface area contributed by atoms with Crippen LogP contribution in [0.4, 0.5) is 5.69 Å². The smallest absolute Gasteiger partial charge is 0.320 e. The number of nitro benzene ring substituents is 1. The molecule has 0 fully saturated rings. The van der Waals surface area contributed by atoms with Crippen molar-refractivity contribution in [2.45, 2.75) is 12.5 Å². The summed E-state index contributed by atoms with van der Waals surface area (Å²) in [6, 6.07) is 1.65. The van der Waals surface area contributed by atoms with Crippen LogP contribution in [0.5, 0.6) is 0 Å². The van der Waals surface area contributed by atoms with E-state index in [1.165, 1.54) is 12.3 Å². The number of aromatic nitrogens is 1. The molecule has 2 rings (SSSR count). The van der Waals surface area contributed by atoms with Crippen LogP contribution in [0.15, 0.2) is 18.3 Å². The SMILES string of the molecule is N[C@@H](Cc1c[nH]c2cc(Cl)cc([N+](=O)[O-])c12)C(=O)O. The van der Waals surface area contributed by atoms with Gasteiger partial charge in [-0.05, 0) is 11.6 Å². The van der Waals surface area contributed by atoms with Crippen LogP contribution in [0.2, 0.25) is 5.02 Å². The van der Waals surface area contributed by atoms with Crippen molar-refractivity contribution in [1.82, 2.24) is 4.98 Å². The van der Waals surface area contributed by atoms with Gasteiger partial charge in [0.25, 0.3) is 5.69 Å². The normalized spacial score (nSPS) is 12.5. The number of benzene rings is 1. The average Bonchev–Trinajstić information content (AvgIpc) is 2.70. The number of halogens is 1. The Bertz CT molecular complexity index is 667. The van der Waals surface area contributed by atoms with Crippen LogP contribution in [0.25, 0.3) is 10.9 Å². The van der Waals surface area contributed by atoms with Gasteiger partial charge in [0.05, 0.1) is 15.8 Å². The van der Waals surface area contributed by atoms with E-state index < -0.39 is 16.9 Å². The number of non-ortho nitro benzene ring substituents is 1. The molecule has 0 amide bonds. The van der Waals surface area contributed by atoms with E-state index >= 15 is 0 Å². The first-order valence-corrected chi connectivity index (χ1v) is 5.70. The van der Waals surface area contributed by atoms with Gasteiger partial charge in [-0.2, -0.15) is 0 Å². The minimum absolute atomic E-state index is 0.00218. The van der Waals surface area contributed by atoms with Gasteiger partial charge in [-0.15, -0.1) is 0 Å². The molecule has 19 heavy (non-hydrogen) atoms. The topological polar surface area (TPSA) is 122 Å².